The maximum atomic E-state index is 12.1. The molecule has 0 aliphatic carbocycles. The van der Waals surface area contributed by atoms with Crippen LogP contribution in [0.2, 0.25) is 0 Å². The number of carbonyl (C=O) groups is 1. The van der Waals surface area contributed by atoms with Gasteiger partial charge in [-0.1, -0.05) is 27.7 Å². The fourth-order valence-electron chi connectivity index (χ4n) is 2.07. The predicted octanol–water partition coefficient (Wildman–Crippen LogP) is 1.97. The Morgan fingerprint density at radius 2 is 2.00 bits per heavy atom. The van der Waals surface area contributed by atoms with Gasteiger partial charge in [0.1, 0.15) is 5.82 Å². The molecule has 0 aliphatic heterocycles. The molecule has 7 heteroatoms. The lowest BCUT2D eigenvalue weighted by Gasteiger charge is -2.04. The average molecular weight is 304 g/mol. The van der Waals surface area contributed by atoms with E-state index in [9.17, 15) is 4.79 Å². The normalized spacial score (nSPS) is 11.4. The number of hydrogen-bond acceptors (Lipinski definition) is 4. The Bertz CT molecular complexity index is 640. The standard InChI is InChI=1S/C15H24N6O/c1-10(2)9-21-7-6-12(18-21)16-14(22)8-13-17-15(11(3)4)19-20(13)5/h6-7,10-11H,8-9H2,1-5H3,(H,16,18,22). The van der Waals surface area contributed by atoms with Crippen LogP contribution >= 0.6 is 0 Å². The summed E-state index contributed by atoms with van der Waals surface area (Å²) in [6, 6.07) is 1.80. The van der Waals surface area contributed by atoms with Gasteiger partial charge in [-0.25, -0.2) is 4.98 Å². The zero-order valence-corrected chi connectivity index (χ0v) is 13.9. The summed E-state index contributed by atoms with van der Waals surface area (Å²) in [4.78, 5) is 16.5. The van der Waals surface area contributed by atoms with Gasteiger partial charge in [0.25, 0.3) is 0 Å². The molecule has 2 heterocycles. The van der Waals surface area contributed by atoms with Crippen molar-refractivity contribution < 1.29 is 4.79 Å². The Balaban J connectivity index is 1.96. The molecule has 0 aliphatic rings. The first-order valence-corrected chi connectivity index (χ1v) is 7.58. The van der Waals surface area contributed by atoms with Crippen LogP contribution in [0.25, 0.3) is 0 Å². The molecule has 0 atom stereocenters. The third-order valence-electron chi connectivity index (χ3n) is 3.17. The highest BCUT2D eigenvalue weighted by molar-refractivity contribution is 5.90. The van der Waals surface area contributed by atoms with Gasteiger partial charge in [0, 0.05) is 31.8 Å². The van der Waals surface area contributed by atoms with E-state index < -0.39 is 0 Å². The maximum Gasteiger partial charge on any atom is 0.233 e. The molecule has 120 valence electrons. The number of amides is 1. The fraction of sp³-hybridized carbons (Fsp3) is 0.600. The molecule has 1 amide bonds. The van der Waals surface area contributed by atoms with Gasteiger partial charge in [-0.15, -0.1) is 0 Å². The number of nitrogens with one attached hydrogen (secondary N) is 1. The predicted molar refractivity (Wildman–Crippen MR) is 84.5 cm³/mol. The highest BCUT2D eigenvalue weighted by Gasteiger charge is 2.14. The van der Waals surface area contributed by atoms with Crippen LogP contribution in [0.15, 0.2) is 12.3 Å². The van der Waals surface area contributed by atoms with Gasteiger partial charge in [-0.3, -0.25) is 14.2 Å². The third-order valence-corrected chi connectivity index (χ3v) is 3.17. The molecule has 0 radical (unpaired) electrons. The average Bonchev–Trinajstić information content (AvgIpc) is 2.97. The van der Waals surface area contributed by atoms with Crippen molar-refractivity contribution in [2.24, 2.45) is 13.0 Å². The van der Waals surface area contributed by atoms with Gasteiger partial charge >= 0.3 is 0 Å². The number of rotatable bonds is 6. The van der Waals surface area contributed by atoms with Crippen molar-refractivity contribution in [2.45, 2.75) is 46.6 Å². The molecule has 1 N–H and O–H groups in total. The van der Waals surface area contributed by atoms with E-state index in [2.05, 4.69) is 34.3 Å². The first-order valence-electron chi connectivity index (χ1n) is 7.58. The van der Waals surface area contributed by atoms with E-state index in [-0.39, 0.29) is 18.2 Å². The highest BCUT2D eigenvalue weighted by atomic mass is 16.1. The third kappa shape index (κ3) is 4.16. The summed E-state index contributed by atoms with van der Waals surface area (Å²) in [7, 11) is 1.80. The Morgan fingerprint density at radius 1 is 1.27 bits per heavy atom. The zero-order valence-electron chi connectivity index (χ0n) is 13.9. The minimum Gasteiger partial charge on any atom is -0.309 e. The van der Waals surface area contributed by atoms with E-state index >= 15 is 0 Å². The molecule has 22 heavy (non-hydrogen) atoms. The molecule has 2 aromatic rings. The van der Waals surface area contributed by atoms with Crippen LogP contribution in [0, 0.1) is 5.92 Å². The van der Waals surface area contributed by atoms with Gasteiger partial charge in [0.05, 0.1) is 6.42 Å². The second kappa shape index (κ2) is 6.72. The largest absolute Gasteiger partial charge is 0.309 e. The van der Waals surface area contributed by atoms with E-state index in [0.717, 1.165) is 12.4 Å². The van der Waals surface area contributed by atoms with Crippen LogP contribution in [-0.2, 0) is 24.8 Å². The van der Waals surface area contributed by atoms with Crippen molar-refractivity contribution in [2.75, 3.05) is 5.32 Å². The molecule has 0 spiro atoms. The number of carbonyl (C=O) groups excluding carboxylic acids is 1. The summed E-state index contributed by atoms with van der Waals surface area (Å²) in [5.74, 6) is 2.60. The summed E-state index contributed by atoms with van der Waals surface area (Å²) >= 11 is 0. The van der Waals surface area contributed by atoms with Gasteiger partial charge in [0.15, 0.2) is 11.6 Å². The van der Waals surface area contributed by atoms with Crippen LogP contribution in [0.4, 0.5) is 5.82 Å². The molecule has 0 unspecified atom stereocenters. The summed E-state index contributed by atoms with van der Waals surface area (Å²) in [5.41, 5.74) is 0. The van der Waals surface area contributed by atoms with E-state index in [0.29, 0.717) is 17.6 Å². The number of hydrogen-bond donors (Lipinski definition) is 1. The zero-order chi connectivity index (χ0) is 16.3. The molecule has 0 aromatic carbocycles. The molecule has 2 rings (SSSR count). The van der Waals surface area contributed by atoms with Crippen molar-refractivity contribution >= 4 is 11.7 Å². The van der Waals surface area contributed by atoms with Gasteiger partial charge in [0.2, 0.25) is 5.91 Å². The van der Waals surface area contributed by atoms with Crippen LogP contribution in [-0.4, -0.2) is 30.5 Å². The topological polar surface area (TPSA) is 77.6 Å². The Kier molecular flexibility index (Phi) is 4.95. The second-order valence-corrected chi connectivity index (χ2v) is 6.21. The van der Waals surface area contributed by atoms with E-state index in [1.54, 1.807) is 17.8 Å². The Hall–Kier alpha value is -2.18. The van der Waals surface area contributed by atoms with Crippen molar-refractivity contribution in [1.82, 2.24) is 24.5 Å². The Labute approximate surface area is 130 Å². The van der Waals surface area contributed by atoms with Crippen LogP contribution in [0.3, 0.4) is 0 Å². The van der Waals surface area contributed by atoms with Gasteiger partial charge in [-0.05, 0) is 5.92 Å². The molecule has 2 aromatic heterocycles. The molecule has 7 nitrogen and oxygen atoms in total. The van der Waals surface area contributed by atoms with Crippen LogP contribution in [0.1, 0.15) is 45.3 Å². The molecular formula is C15H24N6O. The number of anilines is 1. The number of aryl methyl sites for hydroxylation is 1. The molecular weight excluding hydrogens is 280 g/mol. The quantitative estimate of drug-likeness (QED) is 0.885. The maximum absolute atomic E-state index is 12.1. The first kappa shape index (κ1) is 16.2. The van der Waals surface area contributed by atoms with Crippen LogP contribution in [0.5, 0.6) is 0 Å². The minimum absolute atomic E-state index is 0.138. The van der Waals surface area contributed by atoms with Crippen molar-refractivity contribution in [3.05, 3.63) is 23.9 Å². The van der Waals surface area contributed by atoms with Gasteiger partial charge in [-0.2, -0.15) is 10.2 Å². The highest BCUT2D eigenvalue weighted by Crippen LogP contribution is 2.10. The second-order valence-electron chi connectivity index (χ2n) is 6.21. The molecule has 0 saturated carbocycles. The van der Waals surface area contributed by atoms with Crippen molar-refractivity contribution in [3.63, 3.8) is 0 Å². The summed E-state index contributed by atoms with van der Waals surface area (Å²) in [5, 5.41) is 11.4. The summed E-state index contributed by atoms with van der Waals surface area (Å²) in [6.07, 6.45) is 2.06. The van der Waals surface area contributed by atoms with Crippen LogP contribution < -0.4 is 5.32 Å². The number of aromatic nitrogens is 5. The molecule has 0 fully saturated rings. The smallest absolute Gasteiger partial charge is 0.233 e. The van der Waals surface area contributed by atoms with E-state index in [4.69, 9.17) is 0 Å². The van der Waals surface area contributed by atoms with Crippen molar-refractivity contribution in [3.8, 4) is 0 Å². The lowest BCUT2D eigenvalue weighted by Crippen LogP contribution is -2.17. The molecule has 0 bridgehead atoms. The Morgan fingerprint density at radius 3 is 2.59 bits per heavy atom. The first-order chi connectivity index (χ1) is 10.3. The minimum atomic E-state index is -0.138. The SMILES string of the molecule is CC(C)Cn1ccc(NC(=O)Cc2nc(C(C)C)nn2C)n1. The van der Waals surface area contributed by atoms with E-state index in [1.807, 2.05) is 24.7 Å². The number of nitrogens with zero attached hydrogens (tertiary/aromatic N) is 5. The lowest BCUT2D eigenvalue weighted by atomic mass is 10.2. The van der Waals surface area contributed by atoms with Crippen molar-refractivity contribution in [1.29, 1.82) is 0 Å². The fourth-order valence-corrected chi connectivity index (χ4v) is 2.07. The van der Waals surface area contributed by atoms with E-state index in [1.165, 1.54) is 0 Å². The van der Waals surface area contributed by atoms with Gasteiger partial charge < -0.3 is 5.32 Å². The monoisotopic (exact) mass is 304 g/mol. The summed E-state index contributed by atoms with van der Waals surface area (Å²) in [6.45, 7) is 9.14. The summed E-state index contributed by atoms with van der Waals surface area (Å²) < 4.78 is 3.49. The lowest BCUT2D eigenvalue weighted by molar-refractivity contribution is -0.115. The molecule has 0 saturated heterocycles.